The van der Waals surface area contributed by atoms with Gasteiger partial charge in [-0.3, -0.25) is 9.59 Å². The summed E-state index contributed by atoms with van der Waals surface area (Å²) in [4.78, 5) is 26.4. The predicted octanol–water partition coefficient (Wildman–Crippen LogP) is 2.87. The first-order chi connectivity index (χ1) is 12.6. The van der Waals surface area contributed by atoms with Gasteiger partial charge in [0.1, 0.15) is 11.6 Å². The van der Waals surface area contributed by atoms with Crippen molar-refractivity contribution in [1.29, 1.82) is 0 Å². The molecule has 3 rings (SSSR count). The molecule has 0 atom stereocenters. The number of nitrogens with one attached hydrogen (secondary N) is 1. The molecule has 1 aliphatic heterocycles. The maximum absolute atomic E-state index is 13.3. The Morgan fingerprint density at radius 1 is 1.08 bits per heavy atom. The second-order valence-corrected chi connectivity index (χ2v) is 6.28. The molecule has 1 saturated heterocycles. The monoisotopic (exact) mass is 356 g/mol. The Labute approximate surface area is 151 Å². The fourth-order valence-corrected chi connectivity index (χ4v) is 3.04. The Morgan fingerprint density at radius 2 is 1.77 bits per heavy atom. The summed E-state index contributed by atoms with van der Waals surface area (Å²) < 4.78 is 18.4. The van der Waals surface area contributed by atoms with Gasteiger partial charge in [0.2, 0.25) is 0 Å². The molecule has 26 heavy (non-hydrogen) atoms. The quantitative estimate of drug-likeness (QED) is 0.916. The number of hydrogen-bond donors (Lipinski definition) is 1. The summed E-state index contributed by atoms with van der Waals surface area (Å²) in [6.45, 7) is 1.06. The zero-order chi connectivity index (χ0) is 18.5. The molecule has 0 aromatic heterocycles. The lowest BCUT2D eigenvalue weighted by atomic mass is 10.0. The van der Waals surface area contributed by atoms with Crippen molar-refractivity contribution in [2.45, 2.75) is 18.9 Å². The molecule has 0 radical (unpaired) electrons. The summed E-state index contributed by atoms with van der Waals surface area (Å²) in [6.07, 6.45) is 1.34. The van der Waals surface area contributed by atoms with E-state index in [1.807, 2.05) is 0 Å². The van der Waals surface area contributed by atoms with Gasteiger partial charge in [-0.15, -0.1) is 0 Å². The van der Waals surface area contributed by atoms with Crippen molar-refractivity contribution in [2.24, 2.45) is 0 Å². The van der Waals surface area contributed by atoms with Crippen LogP contribution >= 0.6 is 0 Å². The predicted molar refractivity (Wildman–Crippen MR) is 95.8 cm³/mol. The van der Waals surface area contributed by atoms with Gasteiger partial charge in [0, 0.05) is 30.3 Å². The molecule has 2 amide bonds. The van der Waals surface area contributed by atoms with E-state index in [0.717, 1.165) is 0 Å². The van der Waals surface area contributed by atoms with Crippen molar-refractivity contribution < 1.29 is 18.7 Å². The van der Waals surface area contributed by atoms with E-state index in [4.69, 9.17) is 4.74 Å². The average molecular weight is 356 g/mol. The van der Waals surface area contributed by atoms with Gasteiger partial charge in [0.25, 0.3) is 11.8 Å². The van der Waals surface area contributed by atoms with E-state index in [9.17, 15) is 14.0 Å². The fourth-order valence-electron chi connectivity index (χ4n) is 3.04. The number of hydrogen-bond acceptors (Lipinski definition) is 3. The number of methoxy groups -OCH3 is 1. The molecule has 0 bridgehead atoms. The highest BCUT2D eigenvalue weighted by Gasteiger charge is 2.25. The Bertz CT molecular complexity index is 784. The van der Waals surface area contributed by atoms with Crippen molar-refractivity contribution >= 4 is 11.8 Å². The highest BCUT2D eigenvalue weighted by atomic mass is 19.1. The van der Waals surface area contributed by atoms with Crippen LogP contribution in [0.3, 0.4) is 0 Å². The molecule has 136 valence electrons. The van der Waals surface area contributed by atoms with Gasteiger partial charge >= 0.3 is 0 Å². The molecule has 1 fully saturated rings. The van der Waals surface area contributed by atoms with Crippen molar-refractivity contribution in [3.8, 4) is 5.75 Å². The minimum Gasteiger partial charge on any atom is -0.497 e. The normalized spacial score (nSPS) is 14.8. The first-order valence-corrected chi connectivity index (χ1v) is 8.56. The SMILES string of the molecule is COc1ccc(C(=O)NC2CCN(C(=O)c3cccc(F)c3)CC2)cc1. The summed E-state index contributed by atoms with van der Waals surface area (Å²) in [5.74, 6) is -0.0322. The Hall–Kier alpha value is -2.89. The zero-order valence-electron chi connectivity index (χ0n) is 14.6. The largest absolute Gasteiger partial charge is 0.497 e. The van der Waals surface area contributed by atoms with Crippen LogP contribution in [-0.2, 0) is 0 Å². The lowest BCUT2D eigenvalue weighted by molar-refractivity contribution is 0.0697. The molecule has 1 aliphatic rings. The maximum atomic E-state index is 13.3. The summed E-state index contributed by atoms with van der Waals surface area (Å²) in [5.41, 5.74) is 0.926. The van der Waals surface area contributed by atoms with Gasteiger partial charge in [-0.1, -0.05) is 6.07 Å². The molecule has 0 spiro atoms. The van der Waals surface area contributed by atoms with Crippen LogP contribution in [-0.4, -0.2) is 43.0 Å². The van der Waals surface area contributed by atoms with Crippen LogP contribution in [0.1, 0.15) is 33.6 Å². The number of halogens is 1. The Balaban J connectivity index is 1.53. The van der Waals surface area contributed by atoms with Crippen molar-refractivity contribution in [3.05, 3.63) is 65.5 Å². The van der Waals surface area contributed by atoms with Gasteiger partial charge in [-0.25, -0.2) is 4.39 Å². The third-order valence-corrected chi connectivity index (χ3v) is 4.54. The second-order valence-electron chi connectivity index (χ2n) is 6.28. The number of carbonyl (C=O) groups is 2. The van der Waals surface area contributed by atoms with Gasteiger partial charge in [0.05, 0.1) is 7.11 Å². The van der Waals surface area contributed by atoms with E-state index >= 15 is 0 Å². The standard InChI is InChI=1S/C20H21FN2O3/c1-26-18-7-5-14(6-8-18)19(24)22-17-9-11-23(12-10-17)20(25)15-3-2-4-16(21)13-15/h2-8,13,17H,9-12H2,1H3,(H,22,24). The molecule has 2 aromatic carbocycles. The Kier molecular flexibility index (Phi) is 5.51. The van der Waals surface area contributed by atoms with Crippen LogP contribution in [0.15, 0.2) is 48.5 Å². The fraction of sp³-hybridized carbons (Fsp3) is 0.300. The first kappa shape index (κ1) is 17.9. The van der Waals surface area contributed by atoms with Crippen LogP contribution in [0.5, 0.6) is 5.75 Å². The van der Waals surface area contributed by atoms with Gasteiger partial charge in [-0.2, -0.15) is 0 Å². The van der Waals surface area contributed by atoms with E-state index in [0.29, 0.717) is 42.8 Å². The molecular weight excluding hydrogens is 335 g/mol. The maximum Gasteiger partial charge on any atom is 0.253 e. The topological polar surface area (TPSA) is 58.6 Å². The molecule has 5 nitrogen and oxygen atoms in total. The molecule has 1 N–H and O–H groups in total. The molecule has 1 heterocycles. The number of nitrogens with zero attached hydrogens (tertiary/aromatic N) is 1. The number of carbonyl (C=O) groups excluding carboxylic acids is 2. The van der Waals surface area contributed by atoms with Crippen LogP contribution in [0, 0.1) is 5.82 Å². The average Bonchev–Trinajstić information content (AvgIpc) is 2.68. The molecule has 2 aromatic rings. The number of ether oxygens (including phenoxy) is 1. The van der Waals surface area contributed by atoms with Crippen LogP contribution < -0.4 is 10.1 Å². The molecule has 0 saturated carbocycles. The minimum atomic E-state index is -0.419. The second kappa shape index (κ2) is 7.99. The number of piperidine rings is 1. The van der Waals surface area contributed by atoms with Gasteiger partial charge in [0.15, 0.2) is 0 Å². The zero-order valence-corrected chi connectivity index (χ0v) is 14.6. The van der Waals surface area contributed by atoms with Gasteiger partial charge in [-0.05, 0) is 55.3 Å². The van der Waals surface area contributed by atoms with Crippen LogP contribution in [0.4, 0.5) is 4.39 Å². The van der Waals surface area contributed by atoms with E-state index in [1.54, 1.807) is 42.3 Å². The van der Waals surface area contributed by atoms with E-state index in [-0.39, 0.29) is 17.9 Å². The van der Waals surface area contributed by atoms with E-state index in [1.165, 1.54) is 18.2 Å². The van der Waals surface area contributed by atoms with Crippen molar-refractivity contribution in [2.75, 3.05) is 20.2 Å². The third kappa shape index (κ3) is 4.20. The molecule has 0 aliphatic carbocycles. The highest BCUT2D eigenvalue weighted by molar-refractivity contribution is 5.95. The minimum absolute atomic E-state index is 0.0150. The molecule has 0 unspecified atom stereocenters. The molecule has 6 heteroatoms. The smallest absolute Gasteiger partial charge is 0.253 e. The lowest BCUT2D eigenvalue weighted by Gasteiger charge is -2.32. The van der Waals surface area contributed by atoms with E-state index < -0.39 is 5.82 Å². The van der Waals surface area contributed by atoms with Crippen molar-refractivity contribution in [3.63, 3.8) is 0 Å². The Morgan fingerprint density at radius 3 is 2.38 bits per heavy atom. The summed E-state index contributed by atoms with van der Waals surface area (Å²) in [6, 6.07) is 12.7. The van der Waals surface area contributed by atoms with Crippen LogP contribution in [0.2, 0.25) is 0 Å². The van der Waals surface area contributed by atoms with Crippen molar-refractivity contribution in [1.82, 2.24) is 10.2 Å². The lowest BCUT2D eigenvalue weighted by Crippen LogP contribution is -2.46. The summed E-state index contributed by atoms with van der Waals surface area (Å²) in [5, 5.41) is 3.00. The summed E-state index contributed by atoms with van der Waals surface area (Å²) >= 11 is 0. The van der Waals surface area contributed by atoms with E-state index in [2.05, 4.69) is 5.32 Å². The third-order valence-electron chi connectivity index (χ3n) is 4.54. The number of amides is 2. The first-order valence-electron chi connectivity index (χ1n) is 8.56. The number of benzene rings is 2. The van der Waals surface area contributed by atoms with Crippen LogP contribution in [0.25, 0.3) is 0 Å². The van der Waals surface area contributed by atoms with Gasteiger partial charge < -0.3 is 15.0 Å². The number of likely N-dealkylation sites (tertiary alicyclic amines) is 1. The summed E-state index contributed by atoms with van der Waals surface area (Å²) in [7, 11) is 1.58. The number of rotatable bonds is 4. The highest BCUT2D eigenvalue weighted by Crippen LogP contribution is 2.16. The molecular formula is C20H21FN2O3.